The average molecular weight is 673 g/mol. The standard InChI is InChI=1S/C41H40N2O7/c1-3-14-27-15-11-12-21-32(27)36(42-39(45)28-16-7-5-8-17-28)37(44)41(47)49-31-24-33-38(50-40(46)29-18-9-6-10-19-29)35-30(25-43(33)26-31)20-13-22-34(35)48-23-4-2/h3-13,15-22,31,33,36-38,44H,1-2,14,23-26H2,(H,42,45)/t31-,33-,36-,37+,38+/m0/s1. The minimum absolute atomic E-state index is 0.278. The third-order valence-electron chi connectivity index (χ3n) is 9.09. The van der Waals surface area contributed by atoms with Crippen LogP contribution < -0.4 is 10.1 Å². The molecule has 9 heteroatoms. The molecule has 5 atom stereocenters. The number of rotatable bonds is 13. The summed E-state index contributed by atoms with van der Waals surface area (Å²) >= 11 is 0. The van der Waals surface area contributed by atoms with Crippen molar-refractivity contribution in [3.05, 3.63) is 162 Å². The third kappa shape index (κ3) is 7.54. The Kier molecular flexibility index (Phi) is 10.9. The van der Waals surface area contributed by atoms with Crippen LogP contribution in [0.1, 0.15) is 61.5 Å². The molecule has 1 fully saturated rings. The first-order chi connectivity index (χ1) is 24.4. The van der Waals surface area contributed by atoms with E-state index in [1.807, 2.05) is 36.4 Å². The molecule has 256 valence electrons. The van der Waals surface area contributed by atoms with Gasteiger partial charge >= 0.3 is 11.9 Å². The molecule has 0 spiro atoms. The predicted molar refractivity (Wildman–Crippen MR) is 188 cm³/mol. The second kappa shape index (κ2) is 15.8. The SMILES string of the molecule is C=CCOc1cccc2c1[C@H](OC(=O)c1ccccc1)[C@@H]1C[C@H](OC(=O)[C@H](O)[C@@H](NC(=O)c3ccccc3)c3ccccc3CC=C)CN1C2. The van der Waals surface area contributed by atoms with Crippen molar-refractivity contribution in [3.63, 3.8) is 0 Å². The number of fused-ring (bicyclic) bond motifs is 2. The summed E-state index contributed by atoms with van der Waals surface area (Å²) in [5.74, 6) is -1.19. The topological polar surface area (TPSA) is 114 Å². The summed E-state index contributed by atoms with van der Waals surface area (Å²) < 4.78 is 18.2. The van der Waals surface area contributed by atoms with Crippen molar-refractivity contribution in [2.45, 2.75) is 49.8 Å². The number of esters is 2. The Morgan fingerprint density at radius 2 is 1.56 bits per heavy atom. The molecule has 2 N–H and O–H groups in total. The van der Waals surface area contributed by atoms with Crippen molar-refractivity contribution >= 4 is 17.8 Å². The van der Waals surface area contributed by atoms with E-state index in [4.69, 9.17) is 14.2 Å². The highest BCUT2D eigenvalue weighted by molar-refractivity contribution is 5.95. The van der Waals surface area contributed by atoms with Gasteiger partial charge in [0.05, 0.1) is 17.6 Å². The lowest BCUT2D eigenvalue weighted by atomic mass is 9.90. The fourth-order valence-corrected chi connectivity index (χ4v) is 6.79. The third-order valence-corrected chi connectivity index (χ3v) is 9.09. The van der Waals surface area contributed by atoms with Crippen molar-refractivity contribution in [1.82, 2.24) is 10.2 Å². The highest BCUT2D eigenvalue weighted by Crippen LogP contribution is 2.45. The number of nitrogens with zero attached hydrogens (tertiary/aromatic N) is 1. The summed E-state index contributed by atoms with van der Waals surface area (Å²) in [6.45, 7) is 8.75. The summed E-state index contributed by atoms with van der Waals surface area (Å²) in [6, 6.07) is 29.0. The summed E-state index contributed by atoms with van der Waals surface area (Å²) in [5.41, 5.74) is 3.90. The predicted octanol–water partition coefficient (Wildman–Crippen LogP) is 5.91. The van der Waals surface area contributed by atoms with E-state index >= 15 is 0 Å². The summed E-state index contributed by atoms with van der Waals surface area (Å²) in [5, 5.41) is 14.4. The Morgan fingerprint density at radius 1 is 0.860 bits per heavy atom. The maximum Gasteiger partial charge on any atom is 0.338 e. The van der Waals surface area contributed by atoms with Gasteiger partial charge in [-0.05, 0) is 53.4 Å². The molecule has 4 aromatic rings. The van der Waals surface area contributed by atoms with E-state index in [9.17, 15) is 19.5 Å². The number of carbonyl (C=O) groups is 3. The maximum atomic E-state index is 13.8. The van der Waals surface area contributed by atoms with Crippen LogP contribution in [0.15, 0.2) is 128 Å². The molecular weight excluding hydrogens is 632 g/mol. The maximum absolute atomic E-state index is 13.8. The normalized spacial score (nSPS) is 19.2. The molecule has 2 aliphatic rings. The molecule has 9 nitrogen and oxygen atoms in total. The molecular formula is C41H40N2O7. The smallest absolute Gasteiger partial charge is 0.338 e. The van der Waals surface area contributed by atoms with E-state index in [0.29, 0.717) is 48.4 Å². The summed E-state index contributed by atoms with van der Waals surface area (Å²) in [7, 11) is 0. The lowest BCUT2D eigenvalue weighted by Crippen LogP contribution is -2.43. The average Bonchev–Trinajstić information content (AvgIpc) is 3.55. The van der Waals surface area contributed by atoms with Gasteiger partial charge in [-0.3, -0.25) is 9.69 Å². The number of amides is 1. The van der Waals surface area contributed by atoms with Crippen LogP contribution in [0.25, 0.3) is 0 Å². The van der Waals surface area contributed by atoms with Gasteiger partial charge in [0.1, 0.15) is 24.6 Å². The van der Waals surface area contributed by atoms with Crippen LogP contribution in [0.5, 0.6) is 5.75 Å². The van der Waals surface area contributed by atoms with Crippen LogP contribution in [-0.4, -0.2) is 59.3 Å². The Labute approximate surface area is 291 Å². The number of aliphatic hydroxyl groups is 1. The number of hydrogen-bond acceptors (Lipinski definition) is 8. The van der Waals surface area contributed by atoms with Crippen molar-refractivity contribution in [3.8, 4) is 5.75 Å². The molecule has 0 bridgehead atoms. The Balaban J connectivity index is 1.25. The molecule has 0 unspecified atom stereocenters. The molecule has 4 aromatic carbocycles. The monoisotopic (exact) mass is 672 g/mol. The summed E-state index contributed by atoms with van der Waals surface area (Å²) in [6.07, 6.45) is 1.13. The lowest BCUT2D eigenvalue weighted by Gasteiger charge is -2.38. The van der Waals surface area contributed by atoms with E-state index in [1.165, 1.54) is 0 Å². The van der Waals surface area contributed by atoms with Gasteiger partial charge < -0.3 is 24.6 Å². The fraction of sp³-hybridized carbons (Fsp3) is 0.244. The molecule has 0 aliphatic carbocycles. The van der Waals surface area contributed by atoms with Gasteiger partial charge in [-0.2, -0.15) is 0 Å². The number of hydrogen-bond donors (Lipinski definition) is 2. The van der Waals surface area contributed by atoms with Crippen molar-refractivity contribution in [2.75, 3.05) is 13.2 Å². The van der Waals surface area contributed by atoms with E-state index < -0.39 is 42.2 Å². The second-order valence-corrected chi connectivity index (χ2v) is 12.4. The van der Waals surface area contributed by atoms with Gasteiger partial charge in [0.2, 0.25) is 0 Å². The van der Waals surface area contributed by atoms with Gasteiger partial charge in [-0.25, -0.2) is 9.59 Å². The quantitative estimate of drug-likeness (QED) is 0.133. The molecule has 1 saturated heterocycles. The Hall–Kier alpha value is -5.51. The van der Waals surface area contributed by atoms with Gasteiger partial charge in [0, 0.05) is 30.6 Å². The molecule has 1 amide bonds. The number of nitrogens with one attached hydrogen (secondary N) is 1. The second-order valence-electron chi connectivity index (χ2n) is 12.4. The van der Waals surface area contributed by atoms with Crippen molar-refractivity contribution in [1.29, 1.82) is 0 Å². The van der Waals surface area contributed by atoms with Gasteiger partial charge in [0.15, 0.2) is 6.10 Å². The molecule has 0 aromatic heterocycles. The zero-order chi connectivity index (χ0) is 35.0. The molecule has 6 rings (SSSR count). The zero-order valence-electron chi connectivity index (χ0n) is 27.7. The lowest BCUT2D eigenvalue weighted by molar-refractivity contribution is -0.160. The van der Waals surface area contributed by atoms with E-state index in [-0.39, 0.29) is 12.6 Å². The highest BCUT2D eigenvalue weighted by Gasteiger charge is 2.47. The van der Waals surface area contributed by atoms with Gasteiger partial charge in [-0.15, -0.1) is 6.58 Å². The molecule has 50 heavy (non-hydrogen) atoms. The highest BCUT2D eigenvalue weighted by atomic mass is 16.6. The zero-order valence-corrected chi connectivity index (χ0v) is 27.7. The first-order valence-electron chi connectivity index (χ1n) is 16.7. The van der Waals surface area contributed by atoms with Crippen LogP contribution >= 0.6 is 0 Å². The molecule has 2 aliphatic heterocycles. The number of ether oxygens (including phenoxy) is 3. The Bertz CT molecular complexity index is 1840. The molecule has 0 saturated carbocycles. The molecule has 2 heterocycles. The largest absolute Gasteiger partial charge is 0.489 e. The van der Waals surface area contributed by atoms with Crippen molar-refractivity contribution in [2.24, 2.45) is 0 Å². The van der Waals surface area contributed by atoms with Crippen LogP contribution in [0.3, 0.4) is 0 Å². The minimum atomic E-state index is -1.71. The first kappa shape index (κ1) is 34.4. The number of benzene rings is 4. The van der Waals surface area contributed by atoms with Crippen LogP contribution in [0, 0.1) is 0 Å². The Morgan fingerprint density at radius 3 is 2.28 bits per heavy atom. The van der Waals surface area contributed by atoms with E-state index in [0.717, 1.165) is 16.7 Å². The molecule has 0 radical (unpaired) electrons. The number of carbonyl (C=O) groups excluding carboxylic acids is 3. The first-order valence-corrected chi connectivity index (χ1v) is 16.7. The van der Waals surface area contributed by atoms with E-state index in [1.54, 1.807) is 78.9 Å². The van der Waals surface area contributed by atoms with Crippen LogP contribution in [0.2, 0.25) is 0 Å². The summed E-state index contributed by atoms with van der Waals surface area (Å²) in [4.78, 5) is 42.6. The minimum Gasteiger partial charge on any atom is -0.489 e. The number of allylic oxidation sites excluding steroid dienone is 1. The number of aliphatic hydroxyl groups excluding tert-OH is 1. The van der Waals surface area contributed by atoms with Gasteiger partial charge in [0.25, 0.3) is 5.91 Å². The van der Waals surface area contributed by atoms with Crippen LogP contribution in [0.4, 0.5) is 0 Å². The van der Waals surface area contributed by atoms with Crippen molar-refractivity contribution < 1.29 is 33.7 Å². The van der Waals surface area contributed by atoms with E-state index in [2.05, 4.69) is 23.4 Å². The van der Waals surface area contributed by atoms with Gasteiger partial charge in [-0.1, -0.05) is 91.5 Å². The fourth-order valence-electron chi connectivity index (χ4n) is 6.79. The van der Waals surface area contributed by atoms with Crippen LogP contribution in [-0.2, 0) is 27.2 Å².